The van der Waals surface area contributed by atoms with Gasteiger partial charge >= 0.3 is 5.97 Å². The predicted octanol–water partition coefficient (Wildman–Crippen LogP) is 3.88. The lowest BCUT2D eigenvalue weighted by atomic mass is 10.0. The van der Waals surface area contributed by atoms with Gasteiger partial charge in [-0.2, -0.15) is 0 Å². The van der Waals surface area contributed by atoms with E-state index in [2.05, 4.69) is 27.7 Å². The van der Waals surface area contributed by atoms with Crippen LogP contribution in [0.2, 0.25) is 0 Å². The number of ether oxygens (including phenoxy) is 1. The first-order valence-electron chi connectivity index (χ1n) is 10.9. The van der Waals surface area contributed by atoms with Crippen LogP contribution in [0.5, 0.6) is 0 Å². The Bertz CT molecular complexity index is 1090. The van der Waals surface area contributed by atoms with Crippen molar-refractivity contribution in [3.05, 3.63) is 52.2 Å². The van der Waals surface area contributed by atoms with Crippen LogP contribution in [0, 0.1) is 16.7 Å². The van der Waals surface area contributed by atoms with Gasteiger partial charge in [0.25, 0.3) is 5.91 Å². The number of anilines is 1. The minimum Gasteiger partial charge on any atom is -0.465 e. The normalized spacial score (nSPS) is 21.2. The van der Waals surface area contributed by atoms with Crippen molar-refractivity contribution in [3.63, 3.8) is 0 Å². The Morgan fingerprint density at radius 2 is 1.73 bits per heavy atom. The second-order valence-corrected chi connectivity index (χ2v) is 10.8. The number of hydrogen-bond acceptors (Lipinski definition) is 6. The highest BCUT2D eigenvalue weighted by Crippen LogP contribution is 2.69. The molecule has 1 aromatic carbocycles. The number of imide groups is 1. The molecule has 2 fully saturated rings. The zero-order chi connectivity index (χ0) is 24.1. The molecular formula is C25H28N2O5S. The van der Waals surface area contributed by atoms with Crippen LogP contribution in [0.25, 0.3) is 0 Å². The van der Waals surface area contributed by atoms with E-state index >= 15 is 0 Å². The quantitative estimate of drug-likeness (QED) is 0.475. The number of amides is 3. The van der Waals surface area contributed by atoms with Crippen molar-refractivity contribution >= 4 is 40.7 Å². The molecule has 7 nitrogen and oxygen atoms in total. The van der Waals surface area contributed by atoms with Crippen LogP contribution in [-0.4, -0.2) is 41.7 Å². The molecule has 1 aliphatic carbocycles. The molecule has 1 aromatic heterocycles. The van der Waals surface area contributed by atoms with E-state index in [4.69, 9.17) is 4.74 Å². The fraction of sp³-hybridized carbons (Fsp3) is 0.440. The molecule has 1 aliphatic heterocycles. The van der Waals surface area contributed by atoms with Crippen molar-refractivity contribution < 1.29 is 23.9 Å². The maximum absolute atomic E-state index is 13.7. The first kappa shape index (κ1) is 23.2. The molecule has 2 heterocycles. The molecule has 4 rings (SSSR count). The first-order chi connectivity index (χ1) is 15.5. The molecule has 3 amide bonds. The van der Waals surface area contributed by atoms with Gasteiger partial charge in [-0.05, 0) is 46.5 Å². The Balaban J connectivity index is 1.63. The number of esters is 1. The van der Waals surface area contributed by atoms with Gasteiger partial charge in [-0.1, -0.05) is 33.8 Å². The number of hydrogen-bond donors (Lipinski definition) is 0. The molecule has 2 aliphatic rings. The maximum atomic E-state index is 13.7. The zero-order valence-corrected chi connectivity index (χ0v) is 20.3. The number of benzene rings is 1. The van der Waals surface area contributed by atoms with Crippen molar-refractivity contribution in [1.29, 1.82) is 0 Å². The smallest absolute Gasteiger partial charge is 0.337 e. The van der Waals surface area contributed by atoms with Crippen molar-refractivity contribution in [2.75, 3.05) is 12.0 Å². The summed E-state index contributed by atoms with van der Waals surface area (Å²) in [7, 11) is 1.29. The summed E-state index contributed by atoms with van der Waals surface area (Å²) in [6.45, 7) is 8.55. The van der Waals surface area contributed by atoms with Crippen LogP contribution in [0.1, 0.15) is 49.4 Å². The topological polar surface area (TPSA) is 84.0 Å². The monoisotopic (exact) mass is 468 g/mol. The average molecular weight is 469 g/mol. The molecular weight excluding hydrogens is 440 g/mol. The number of thiophene rings is 1. The third-order valence-corrected chi connectivity index (χ3v) is 8.36. The van der Waals surface area contributed by atoms with E-state index in [1.807, 2.05) is 17.5 Å². The average Bonchev–Trinajstić information content (AvgIpc) is 3.19. The van der Waals surface area contributed by atoms with E-state index in [1.54, 1.807) is 17.0 Å². The van der Waals surface area contributed by atoms with E-state index < -0.39 is 17.9 Å². The number of carbonyl (C=O) groups excluding carboxylic acids is 4. The highest BCUT2D eigenvalue weighted by Gasteiger charge is 2.69. The van der Waals surface area contributed by atoms with E-state index in [0.717, 1.165) is 9.78 Å². The highest BCUT2D eigenvalue weighted by atomic mass is 32.1. The summed E-state index contributed by atoms with van der Waals surface area (Å²) in [4.78, 5) is 55.4. The summed E-state index contributed by atoms with van der Waals surface area (Å²) in [5.41, 5.74) is 0.319. The minimum atomic E-state index is -0.861. The molecule has 0 bridgehead atoms. The minimum absolute atomic E-state index is 0.0672. The molecule has 8 heteroatoms. The number of methoxy groups -OCH3 is 1. The third-order valence-electron chi connectivity index (χ3n) is 7.50. The van der Waals surface area contributed by atoms with E-state index in [1.165, 1.54) is 30.6 Å². The molecule has 1 unspecified atom stereocenters. The standard InChI is InChI=1S/C25H28N2O5S/c1-24(2)20(25(24,3)4)22(30)26(14-17-7-6-12-33-17)18-13-19(28)27(21(18)29)16-10-8-15(9-11-16)23(31)32-5/h6-12,18,20H,13-14H2,1-5H3. The Kier molecular flexibility index (Phi) is 5.68. The second-order valence-electron chi connectivity index (χ2n) is 9.75. The highest BCUT2D eigenvalue weighted by molar-refractivity contribution is 7.09. The van der Waals surface area contributed by atoms with Gasteiger partial charge in [-0.3, -0.25) is 14.4 Å². The van der Waals surface area contributed by atoms with Crippen molar-refractivity contribution in [3.8, 4) is 0 Å². The lowest BCUT2D eigenvalue weighted by Crippen LogP contribution is -2.46. The van der Waals surface area contributed by atoms with Crippen LogP contribution in [0.4, 0.5) is 5.69 Å². The largest absolute Gasteiger partial charge is 0.465 e. The Morgan fingerprint density at radius 3 is 2.24 bits per heavy atom. The van der Waals surface area contributed by atoms with Gasteiger partial charge in [0.1, 0.15) is 6.04 Å². The van der Waals surface area contributed by atoms with Crippen LogP contribution < -0.4 is 4.90 Å². The van der Waals surface area contributed by atoms with E-state index in [9.17, 15) is 19.2 Å². The van der Waals surface area contributed by atoms with Gasteiger partial charge in [0.05, 0.1) is 31.3 Å². The van der Waals surface area contributed by atoms with Crippen LogP contribution >= 0.6 is 11.3 Å². The fourth-order valence-corrected chi connectivity index (χ4v) is 5.59. The van der Waals surface area contributed by atoms with E-state index in [0.29, 0.717) is 11.3 Å². The predicted molar refractivity (Wildman–Crippen MR) is 125 cm³/mol. The van der Waals surface area contributed by atoms with Gasteiger partial charge in [0.15, 0.2) is 0 Å². The summed E-state index contributed by atoms with van der Waals surface area (Å²) < 4.78 is 4.70. The fourth-order valence-electron chi connectivity index (χ4n) is 4.89. The molecule has 0 N–H and O–H groups in total. The second kappa shape index (κ2) is 8.09. The molecule has 174 valence electrons. The van der Waals surface area contributed by atoms with Crippen molar-refractivity contribution in [1.82, 2.24) is 4.90 Å². The molecule has 1 atom stereocenters. The summed E-state index contributed by atoms with van der Waals surface area (Å²) in [6, 6.07) is 9.09. The molecule has 2 aromatic rings. The van der Waals surface area contributed by atoms with Crippen LogP contribution in [0.15, 0.2) is 41.8 Å². The van der Waals surface area contributed by atoms with Gasteiger partial charge in [0, 0.05) is 10.8 Å². The zero-order valence-electron chi connectivity index (χ0n) is 19.5. The maximum Gasteiger partial charge on any atom is 0.337 e. The van der Waals surface area contributed by atoms with Gasteiger partial charge in [-0.25, -0.2) is 9.69 Å². The summed E-state index contributed by atoms with van der Waals surface area (Å²) in [5.74, 6) is -1.60. The molecule has 1 saturated heterocycles. The van der Waals surface area contributed by atoms with Gasteiger partial charge in [-0.15, -0.1) is 11.3 Å². The summed E-state index contributed by atoms with van der Waals surface area (Å²) in [6.07, 6.45) is -0.0672. The lowest BCUT2D eigenvalue weighted by molar-refractivity contribution is -0.141. The Morgan fingerprint density at radius 1 is 1.09 bits per heavy atom. The SMILES string of the molecule is COC(=O)c1ccc(N2C(=O)CC(N(Cc3cccs3)C(=O)C3C(C)(C)C3(C)C)C2=O)cc1. The van der Waals surface area contributed by atoms with Crippen molar-refractivity contribution in [2.45, 2.75) is 46.7 Å². The number of carbonyl (C=O) groups is 4. The molecule has 0 spiro atoms. The summed E-state index contributed by atoms with van der Waals surface area (Å²) in [5, 5.41) is 1.93. The van der Waals surface area contributed by atoms with Crippen LogP contribution in [-0.2, 0) is 25.7 Å². The molecule has 1 saturated carbocycles. The Hall–Kier alpha value is -3.00. The Labute approximate surface area is 197 Å². The third kappa shape index (κ3) is 3.76. The number of rotatable bonds is 6. The first-order valence-corrected chi connectivity index (χ1v) is 11.8. The summed E-state index contributed by atoms with van der Waals surface area (Å²) >= 11 is 1.52. The van der Waals surface area contributed by atoms with Gasteiger partial charge in [0.2, 0.25) is 11.8 Å². The molecule has 33 heavy (non-hydrogen) atoms. The van der Waals surface area contributed by atoms with Crippen LogP contribution in [0.3, 0.4) is 0 Å². The van der Waals surface area contributed by atoms with Gasteiger partial charge < -0.3 is 9.64 Å². The lowest BCUT2D eigenvalue weighted by Gasteiger charge is -2.28. The number of nitrogens with zero attached hydrogens (tertiary/aromatic N) is 2. The van der Waals surface area contributed by atoms with Crippen molar-refractivity contribution in [2.24, 2.45) is 16.7 Å². The van der Waals surface area contributed by atoms with E-state index in [-0.39, 0.29) is 41.5 Å². The molecule has 0 radical (unpaired) electrons.